The average molecular weight is 364 g/mol. The van der Waals surface area contributed by atoms with E-state index < -0.39 is 11.9 Å². The Bertz CT molecular complexity index is 552. The first kappa shape index (κ1) is 21.7. The van der Waals surface area contributed by atoms with Crippen LogP contribution >= 0.6 is 0 Å². The molecular formula is C20H28O6. The van der Waals surface area contributed by atoms with E-state index >= 15 is 0 Å². The third-order valence-corrected chi connectivity index (χ3v) is 3.45. The van der Waals surface area contributed by atoms with Crippen molar-refractivity contribution in [2.45, 2.75) is 39.5 Å². The molecule has 0 spiro atoms. The van der Waals surface area contributed by atoms with Gasteiger partial charge >= 0.3 is 11.9 Å². The Kier molecular flexibility index (Phi) is 10.8. The summed E-state index contributed by atoms with van der Waals surface area (Å²) in [5.41, 5.74) is 0.525. The third kappa shape index (κ3) is 8.16. The number of hydrogen-bond acceptors (Lipinski definition) is 6. The SMILES string of the molecule is CCCCOC(=O)C(=Cc1ccc(OCCO)cc1)C(=O)OCCCC. The molecule has 1 aromatic rings. The zero-order chi connectivity index (χ0) is 19.2. The number of carbonyl (C=O) groups is 2. The molecule has 144 valence electrons. The molecule has 0 bridgehead atoms. The van der Waals surface area contributed by atoms with Crippen molar-refractivity contribution in [1.82, 2.24) is 0 Å². The van der Waals surface area contributed by atoms with Gasteiger partial charge in [0.15, 0.2) is 0 Å². The van der Waals surface area contributed by atoms with Crippen LogP contribution in [-0.2, 0) is 19.1 Å². The van der Waals surface area contributed by atoms with Gasteiger partial charge in [-0.1, -0.05) is 38.8 Å². The van der Waals surface area contributed by atoms with Gasteiger partial charge in [0.05, 0.1) is 19.8 Å². The van der Waals surface area contributed by atoms with Gasteiger partial charge in [0, 0.05) is 0 Å². The standard InChI is InChI=1S/C20H28O6/c1-3-5-12-25-19(22)18(20(23)26-13-6-4-2)15-16-7-9-17(10-8-16)24-14-11-21/h7-10,15,21H,3-6,11-14H2,1-2H3. The topological polar surface area (TPSA) is 82.1 Å². The van der Waals surface area contributed by atoms with E-state index in [9.17, 15) is 9.59 Å². The molecule has 0 saturated heterocycles. The summed E-state index contributed by atoms with van der Waals surface area (Å²) in [5.74, 6) is -0.769. The summed E-state index contributed by atoms with van der Waals surface area (Å²) in [4.78, 5) is 24.5. The molecule has 1 rings (SSSR count). The highest BCUT2D eigenvalue weighted by Crippen LogP contribution is 2.16. The van der Waals surface area contributed by atoms with Crippen LogP contribution in [0.1, 0.15) is 45.1 Å². The predicted molar refractivity (Wildman–Crippen MR) is 98.7 cm³/mol. The number of aliphatic hydroxyl groups excluding tert-OH is 1. The van der Waals surface area contributed by atoms with Crippen LogP contribution < -0.4 is 4.74 Å². The lowest BCUT2D eigenvalue weighted by atomic mass is 10.1. The van der Waals surface area contributed by atoms with Crippen LogP contribution in [0, 0.1) is 0 Å². The molecule has 1 N–H and O–H groups in total. The fourth-order valence-electron chi connectivity index (χ4n) is 1.97. The Hall–Kier alpha value is -2.34. The summed E-state index contributed by atoms with van der Waals surface area (Å²) in [6, 6.07) is 6.82. The van der Waals surface area contributed by atoms with Gasteiger partial charge in [-0.25, -0.2) is 9.59 Å². The van der Waals surface area contributed by atoms with E-state index in [1.807, 2.05) is 13.8 Å². The summed E-state index contributed by atoms with van der Waals surface area (Å²) in [7, 11) is 0. The smallest absolute Gasteiger partial charge is 0.345 e. The average Bonchev–Trinajstić information content (AvgIpc) is 2.65. The van der Waals surface area contributed by atoms with Crippen molar-refractivity contribution in [3.8, 4) is 5.75 Å². The zero-order valence-corrected chi connectivity index (χ0v) is 15.5. The Morgan fingerprint density at radius 2 is 1.46 bits per heavy atom. The maximum atomic E-state index is 12.3. The second-order valence-electron chi connectivity index (χ2n) is 5.68. The van der Waals surface area contributed by atoms with Crippen LogP contribution in [0.3, 0.4) is 0 Å². The Morgan fingerprint density at radius 1 is 0.923 bits per heavy atom. The molecule has 0 aromatic heterocycles. The maximum absolute atomic E-state index is 12.3. The molecule has 0 aliphatic heterocycles. The molecule has 0 saturated carbocycles. The molecule has 0 aliphatic carbocycles. The van der Waals surface area contributed by atoms with E-state index in [0.29, 0.717) is 11.3 Å². The van der Waals surface area contributed by atoms with Gasteiger partial charge in [-0.2, -0.15) is 0 Å². The quantitative estimate of drug-likeness (QED) is 0.202. The second kappa shape index (κ2) is 12.9. The molecule has 6 heteroatoms. The monoisotopic (exact) mass is 364 g/mol. The van der Waals surface area contributed by atoms with E-state index in [4.69, 9.17) is 19.3 Å². The number of unbranched alkanes of at least 4 members (excludes halogenated alkanes) is 2. The fourth-order valence-corrected chi connectivity index (χ4v) is 1.97. The van der Waals surface area contributed by atoms with Crippen LogP contribution in [-0.4, -0.2) is 43.5 Å². The van der Waals surface area contributed by atoms with Crippen LogP contribution in [0.4, 0.5) is 0 Å². The Labute approximate surface area is 154 Å². The summed E-state index contributed by atoms with van der Waals surface area (Å²) >= 11 is 0. The molecular weight excluding hydrogens is 336 g/mol. The van der Waals surface area contributed by atoms with Gasteiger partial charge in [-0.05, 0) is 36.6 Å². The predicted octanol–water partition coefficient (Wildman–Crippen LogP) is 3.13. The highest BCUT2D eigenvalue weighted by Gasteiger charge is 2.21. The highest BCUT2D eigenvalue weighted by molar-refractivity contribution is 6.17. The molecule has 1 aromatic carbocycles. The minimum Gasteiger partial charge on any atom is -0.491 e. The van der Waals surface area contributed by atoms with Crippen molar-refractivity contribution in [2.24, 2.45) is 0 Å². The van der Waals surface area contributed by atoms with Crippen LogP contribution in [0.2, 0.25) is 0 Å². The summed E-state index contributed by atoms with van der Waals surface area (Å²) in [6.45, 7) is 4.65. The highest BCUT2D eigenvalue weighted by atomic mass is 16.6. The molecule has 0 heterocycles. The van der Waals surface area contributed by atoms with E-state index in [2.05, 4.69) is 0 Å². The number of benzene rings is 1. The third-order valence-electron chi connectivity index (χ3n) is 3.45. The Morgan fingerprint density at radius 3 is 1.92 bits per heavy atom. The first-order valence-corrected chi connectivity index (χ1v) is 9.02. The van der Waals surface area contributed by atoms with E-state index in [1.54, 1.807) is 24.3 Å². The van der Waals surface area contributed by atoms with Crippen molar-refractivity contribution >= 4 is 18.0 Å². The van der Waals surface area contributed by atoms with Crippen molar-refractivity contribution < 1.29 is 28.9 Å². The lowest BCUT2D eigenvalue weighted by molar-refractivity contribution is -0.147. The number of carbonyl (C=O) groups excluding carboxylic acids is 2. The molecule has 0 amide bonds. The lowest BCUT2D eigenvalue weighted by Gasteiger charge is -2.09. The first-order valence-electron chi connectivity index (χ1n) is 9.02. The molecule has 0 unspecified atom stereocenters. The second-order valence-corrected chi connectivity index (χ2v) is 5.68. The van der Waals surface area contributed by atoms with Crippen LogP contribution in [0.5, 0.6) is 5.75 Å². The summed E-state index contributed by atoms with van der Waals surface area (Å²) < 4.78 is 15.6. The molecule has 0 aliphatic rings. The zero-order valence-electron chi connectivity index (χ0n) is 15.5. The lowest BCUT2D eigenvalue weighted by Crippen LogP contribution is -2.19. The largest absolute Gasteiger partial charge is 0.491 e. The molecule has 26 heavy (non-hydrogen) atoms. The number of aliphatic hydroxyl groups is 1. The minimum atomic E-state index is -0.680. The number of esters is 2. The molecule has 0 fully saturated rings. The van der Waals surface area contributed by atoms with Gasteiger partial charge in [-0.15, -0.1) is 0 Å². The minimum absolute atomic E-state index is 0.0704. The van der Waals surface area contributed by atoms with E-state index in [-0.39, 0.29) is 32.0 Å². The van der Waals surface area contributed by atoms with Gasteiger partial charge in [0.1, 0.15) is 17.9 Å². The van der Waals surface area contributed by atoms with Crippen LogP contribution in [0.25, 0.3) is 6.08 Å². The number of rotatable bonds is 12. The Balaban J connectivity index is 2.88. The van der Waals surface area contributed by atoms with E-state index in [0.717, 1.165) is 25.7 Å². The molecule has 6 nitrogen and oxygen atoms in total. The van der Waals surface area contributed by atoms with Crippen molar-refractivity contribution in [2.75, 3.05) is 26.4 Å². The van der Waals surface area contributed by atoms with Gasteiger partial charge in [0.25, 0.3) is 0 Å². The fraction of sp³-hybridized carbons (Fsp3) is 0.500. The summed E-state index contributed by atoms with van der Waals surface area (Å²) in [5, 5.41) is 8.76. The van der Waals surface area contributed by atoms with Gasteiger partial charge < -0.3 is 19.3 Å². The maximum Gasteiger partial charge on any atom is 0.345 e. The first-order chi connectivity index (χ1) is 12.6. The normalized spacial score (nSPS) is 10.1. The van der Waals surface area contributed by atoms with Gasteiger partial charge in [-0.3, -0.25) is 0 Å². The molecule has 0 atom stereocenters. The van der Waals surface area contributed by atoms with Crippen molar-refractivity contribution in [3.05, 3.63) is 35.4 Å². The van der Waals surface area contributed by atoms with Crippen LogP contribution in [0.15, 0.2) is 29.8 Å². The number of hydrogen-bond donors (Lipinski definition) is 1. The van der Waals surface area contributed by atoms with Crippen molar-refractivity contribution in [3.63, 3.8) is 0 Å². The summed E-state index contributed by atoms with van der Waals surface area (Å²) in [6.07, 6.45) is 4.71. The number of ether oxygens (including phenoxy) is 3. The van der Waals surface area contributed by atoms with Gasteiger partial charge in [0.2, 0.25) is 0 Å². The van der Waals surface area contributed by atoms with Crippen molar-refractivity contribution in [1.29, 1.82) is 0 Å². The molecule has 0 radical (unpaired) electrons. The van der Waals surface area contributed by atoms with E-state index in [1.165, 1.54) is 6.08 Å².